The van der Waals surface area contributed by atoms with Gasteiger partial charge in [-0.3, -0.25) is 4.79 Å². The Morgan fingerprint density at radius 3 is 2.81 bits per heavy atom. The maximum absolute atomic E-state index is 12.4. The van der Waals surface area contributed by atoms with Gasteiger partial charge in [-0.1, -0.05) is 29.8 Å². The molecule has 3 aromatic rings. The van der Waals surface area contributed by atoms with Crippen LogP contribution in [0.25, 0.3) is 5.69 Å². The molecule has 5 nitrogen and oxygen atoms in total. The smallest absolute Gasteiger partial charge is 0.255 e. The van der Waals surface area contributed by atoms with Gasteiger partial charge in [0.05, 0.1) is 29.6 Å². The summed E-state index contributed by atoms with van der Waals surface area (Å²) in [4.78, 5) is 12.4. The van der Waals surface area contributed by atoms with E-state index in [0.29, 0.717) is 29.3 Å². The van der Waals surface area contributed by atoms with Gasteiger partial charge >= 0.3 is 0 Å². The molecule has 0 bridgehead atoms. The highest BCUT2D eigenvalue weighted by molar-refractivity contribution is 14.1. The number of ether oxygens (including phenoxy) is 1. The molecule has 0 spiro atoms. The third-order valence-electron chi connectivity index (χ3n) is 3.84. The van der Waals surface area contributed by atoms with Crippen molar-refractivity contribution in [1.82, 2.24) is 15.1 Å². The van der Waals surface area contributed by atoms with Crippen molar-refractivity contribution in [2.45, 2.75) is 6.42 Å². The van der Waals surface area contributed by atoms with Crippen LogP contribution in [-0.4, -0.2) is 29.3 Å². The highest BCUT2D eigenvalue weighted by atomic mass is 127. The van der Waals surface area contributed by atoms with E-state index in [2.05, 4.69) is 33.0 Å². The zero-order valence-electron chi connectivity index (χ0n) is 14.1. The summed E-state index contributed by atoms with van der Waals surface area (Å²) in [5.41, 5.74) is 2.47. The number of halogens is 2. The molecule has 3 rings (SSSR count). The molecule has 0 fully saturated rings. The lowest BCUT2D eigenvalue weighted by Crippen LogP contribution is -2.26. The number of benzene rings is 2. The number of nitrogens with one attached hydrogen (secondary N) is 1. The predicted octanol–water partition coefficient (Wildman–Crippen LogP) is 4.11. The molecule has 0 aliphatic heterocycles. The SMILES string of the molecule is COc1cc(I)c(Cl)cc1C(=O)NCCc1cnn(-c2ccccc2)c1. The highest BCUT2D eigenvalue weighted by Crippen LogP contribution is 2.28. The second-order valence-corrected chi connectivity index (χ2v) is 7.17. The van der Waals surface area contributed by atoms with Crippen molar-refractivity contribution in [3.05, 3.63) is 74.6 Å². The Bertz CT molecular complexity index is 912. The first-order valence-electron chi connectivity index (χ1n) is 7.98. The number of aromatic nitrogens is 2. The third-order valence-corrected chi connectivity index (χ3v) is 5.37. The summed E-state index contributed by atoms with van der Waals surface area (Å²) in [7, 11) is 1.54. The maximum Gasteiger partial charge on any atom is 0.255 e. The Labute approximate surface area is 170 Å². The van der Waals surface area contributed by atoms with E-state index in [-0.39, 0.29) is 5.91 Å². The quantitative estimate of drug-likeness (QED) is 0.539. The number of rotatable bonds is 6. The lowest BCUT2D eigenvalue weighted by Gasteiger charge is -2.10. The number of hydrogen-bond acceptors (Lipinski definition) is 3. The van der Waals surface area contributed by atoms with Gasteiger partial charge in [-0.15, -0.1) is 0 Å². The molecule has 1 aromatic heterocycles. The van der Waals surface area contributed by atoms with Crippen LogP contribution in [0.15, 0.2) is 54.9 Å². The fourth-order valence-corrected chi connectivity index (χ4v) is 3.10. The number of methoxy groups -OCH3 is 1. The van der Waals surface area contributed by atoms with Crippen molar-refractivity contribution < 1.29 is 9.53 Å². The predicted molar refractivity (Wildman–Crippen MR) is 110 cm³/mol. The molecule has 2 aromatic carbocycles. The molecule has 26 heavy (non-hydrogen) atoms. The lowest BCUT2D eigenvalue weighted by molar-refractivity contribution is 0.0951. The minimum Gasteiger partial charge on any atom is -0.496 e. The van der Waals surface area contributed by atoms with E-state index in [1.807, 2.05) is 47.4 Å². The number of para-hydroxylation sites is 1. The van der Waals surface area contributed by atoms with Crippen molar-refractivity contribution in [1.29, 1.82) is 0 Å². The van der Waals surface area contributed by atoms with Crippen LogP contribution in [0.2, 0.25) is 5.02 Å². The topological polar surface area (TPSA) is 56.1 Å². The number of carbonyl (C=O) groups is 1. The van der Waals surface area contributed by atoms with Gasteiger partial charge in [0.2, 0.25) is 0 Å². The Balaban J connectivity index is 1.61. The second-order valence-electron chi connectivity index (χ2n) is 5.60. The van der Waals surface area contributed by atoms with Crippen LogP contribution >= 0.6 is 34.2 Å². The minimum atomic E-state index is -0.212. The molecular weight excluding hydrogens is 465 g/mol. The molecule has 1 amide bonds. The molecule has 0 aliphatic carbocycles. The van der Waals surface area contributed by atoms with Crippen LogP contribution in [0.3, 0.4) is 0 Å². The Morgan fingerprint density at radius 2 is 2.08 bits per heavy atom. The summed E-state index contributed by atoms with van der Waals surface area (Å²) < 4.78 is 7.94. The average Bonchev–Trinajstić information content (AvgIpc) is 3.13. The molecule has 0 aliphatic rings. The number of hydrogen-bond donors (Lipinski definition) is 1. The van der Waals surface area contributed by atoms with E-state index in [4.69, 9.17) is 16.3 Å². The number of carbonyl (C=O) groups excluding carboxylic acids is 1. The van der Waals surface area contributed by atoms with Crippen molar-refractivity contribution in [2.75, 3.05) is 13.7 Å². The van der Waals surface area contributed by atoms with Crippen LogP contribution in [0.4, 0.5) is 0 Å². The number of amides is 1. The normalized spacial score (nSPS) is 10.6. The monoisotopic (exact) mass is 481 g/mol. The molecule has 0 saturated carbocycles. The third kappa shape index (κ3) is 4.37. The van der Waals surface area contributed by atoms with Crippen LogP contribution < -0.4 is 10.1 Å². The summed E-state index contributed by atoms with van der Waals surface area (Å²) in [6.07, 6.45) is 4.45. The summed E-state index contributed by atoms with van der Waals surface area (Å²) in [6, 6.07) is 13.3. The van der Waals surface area contributed by atoms with E-state index >= 15 is 0 Å². The minimum absolute atomic E-state index is 0.212. The van der Waals surface area contributed by atoms with Crippen LogP contribution in [0.1, 0.15) is 15.9 Å². The van der Waals surface area contributed by atoms with Gasteiger partial charge in [-0.25, -0.2) is 4.68 Å². The standard InChI is InChI=1S/C19H17ClIN3O2/c1-26-18-10-17(21)16(20)9-15(18)19(25)22-8-7-13-11-23-24(12-13)14-5-3-2-4-6-14/h2-6,9-12H,7-8H2,1H3,(H,22,25). The zero-order chi connectivity index (χ0) is 18.5. The Morgan fingerprint density at radius 1 is 1.31 bits per heavy atom. The summed E-state index contributed by atoms with van der Waals surface area (Å²) in [5.74, 6) is 0.295. The lowest BCUT2D eigenvalue weighted by atomic mass is 10.2. The summed E-state index contributed by atoms with van der Waals surface area (Å²) in [5, 5.41) is 7.79. The zero-order valence-corrected chi connectivity index (χ0v) is 17.0. The molecule has 0 atom stereocenters. The van der Waals surface area contributed by atoms with E-state index in [1.54, 1.807) is 12.1 Å². The molecule has 0 saturated heterocycles. The Hall–Kier alpha value is -2.06. The van der Waals surface area contributed by atoms with E-state index in [9.17, 15) is 4.79 Å². The molecule has 1 N–H and O–H groups in total. The first-order chi connectivity index (χ1) is 12.6. The van der Waals surface area contributed by atoms with Crippen molar-refractivity contribution in [3.8, 4) is 11.4 Å². The van der Waals surface area contributed by atoms with Crippen LogP contribution in [0.5, 0.6) is 5.75 Å². The molecule has 1 heterocycles. The largest absolute Gasteiger partial charge is 0.496 e. The highest BCUT2D eigenvalue weighted by Gasteiger charge is 2.15. The first kappa shape index (κ1) is 18.7. The van der Waals surface area contributed by atoms with Crippen molar-refractivity contribution >= 4 is 40.1 Å². The fraction of sp³-hybridized carbons (Fsp3) is 0.158. The summed E-state index contributed by atoms with van der Waals surface area (Å²) >= 11 is 8.23. The first-order valence-corrected chi connectivity index (χ1v) is 9.44. The molecule has 7 heteroatoms. The van der Waals surface area contributed by atoms with Gasteiger partial charge in [0.15, 0.2) is 0 Å². The van der Waals surface area contributed by atoms with E-state index in [0.717, 1.165) is 14.8 Å². The van der Waals surface area contributed by atoms with Gasteiger partial charge in [0.25, 0.3) is 5.91 Å². The van der Waals surface area contributed by atoms with Gasteiger partial charge in [0.1, 0.15) is 5.75 Å². The van der Waals surface area contributed by atoms with Crippen LogP contribution in [-0.2, 0) is 6.42 Å². The molecular formula is C19H17ClIN3O2. The van der Waals surface area contributed by atoms with Crippen molar-refractivity contribution in [2.24, 2.45) is 0 Å². The van der Waals surface area contributed by atoms with E-state index < -0.39 is 0 Å². The van der Waals surface area contributed by atoms with Gasteiger partial charge in [0, 0.05) is 16.3 Å². The summed E-state index contributed by atoms with van der Waals surface area (Å²) in [6.45, 7) is 0.492. The second kappa shape index (κ2) is 8.55. The molecule has 134 valence electrons. The van der Waals surface area contributed by atoms with E-state index in [1.165, 1.54) is 7.11 Å². The molecule has 0 radical (unpaired) electrons. The van der Waals surface area contributed by atoms with Gasteiger partial charge in [-0.2, -0.15) is 5.10 Å². The maximum atomic E-state index is 12.4. The van der Waals surface area contributed by atoms with Gasteiger partial charge in [-0.05, 0) is 58.8 Å². The molecule has 0 unspecified atom stereocenters. The average molecular weight is 482 g/mol. The Kier molecular flexibility index (Phi) is 6.16. The number of nitrogens with zero attached hydrogens (tertiary/aromatic N) is 2. The van der Waals surface area contributed by atoms with Crippen molar-refractivity contribution in [3.63, 3.8) is 0 Å². The van der Waals surface area contributed by atoms with Gasteiger partial charge < -0.3 is 10.1 Å². The fourth-order valence-electron chi connectivity index (χ4n) is 2.50. The van der Waals surface area contributed by atoms with Crippen LogP contribution in [0, 0.1) is 3.57 Å².